The SMILES string of the molecule is COc1ccc(N2C(=O)NC(=O)/C(=C/c3cc(C)n(C4CCCC4)c3C)C2=O)cc1. The number of hydrogen-bond acceptors (Lipinski definition) is 4. The summed E-state index contributed by atoms with van der Waals surface area (Å²) < 4.78 is 7.43. The molecule has 2 aliphatic rings. The van der Waals surface area contributed by atoms with Gasteiger partial charge in [0.2, 0.25) is 0 Å². The number of carbonyl (C=O) groups is 3. The Bertz CT molecular complexity index is 1040. The fourth-order valence-electron chi connectivity index (χ4n) is 4.45. The third kappa shape index (κ3) is 3.40. The van der Waals surface area contributed by atoms with Crippen LogP contribution in [0.2, 0.25) is 0 Å². The number of carbonyl (C=O) groups excluding carboxylic acids is 3. The van der Waals surface area contributed by atoms with Crippen molar-refractivity contribution in [1.82, 2.24) is 9.88 Å². The molecule has 1 N–H and O–H groups in total. The fraction of sp³-hybridized carbons (Fsp3) is 0.348. The van der Waals surface area contributed by atoms with Gasteiger partial charge in [-0.15, -0.1) is 0 Å². The molecular weight excluding hydrogens is 382 g/mol. The zero-order chi connectivity index (χ0) is 21.4. The molecule has 4 rings (SSSR count). The van der Waals surface area contributed by atoms with Crippen molar-refractivity contribution < 1.29 is 19.1 Å². The van der Waals surface area contributed by atoms with Gasteiger partial charge >= 0.3 is 6.03 Å². The van der Waals surface area contributed by atoms with E-state index in [0.717, 1.165) is 34.7 Å². The first-order valence-electron chi connectivity index (χ1n) is 10.1. The highest BCUT2D eigenvalue weighted by Crippen LogP contribution is 2.34. The van der Waals surface area contributed by atoms with Crippen molar-refractivity contribution in [3.8, 4) is 5.75 Å². The molecule has 30 heavy (non-hydrogen) atoms. The molecule has 156 valence electrons. The van der Waals surface area contributed by atoms with Gasteiger partial charge in [-0.05, 0) is 68.7 Å². The summed E-state index contributed by atoms with van der Waals surface area (Å²) in [5.41, 5.74) is 3.27. The van der Waals surface area contributed by atoms with Crippen molar-refractivity contribution in [3.05, 3.63) is 52.9 Å². The van der Waals surface area contributed by atoms with E-state index in [0.29, 0.717) is 17.5 Å². The van der Waals surface area contributed by atoms with Crippen LogP contribution in [0.15, 0.2) is 35.9 Å². The lowest BCUT2D eigenvalue weighted by molar-refractivity contribution is -0.122. The summed E-state index contributed by atoms with van der Waals surface area (Å²) in [5.74, 6) is -0.713. The number of aryl methyl sites for hydroxylation is 1. The van der Waals surface area contributed by atoms with Gasteiger partial charge in [0.15, 0.2) is 0 Å². The van der Waals surface area contributed by atoms with Crippen molar-refractivity contribution in [2.24, 2.45) is 0 Å². The van der Waals surface area contributed by atoms with Crippen molar-refractivity contribution in [2.45, 2.75) is 45.6 Å². The number of anilines is 1. The lowest BCUT2D eigenvalue weighted by atomic mass is 10.1. The van der Waals surface area contributed by atoms with Crippen LogP contribution in [0.1, 0.15) is 48.7 Å². The van der Waals surface area contributed by atoms with Gasteiger partial charge in [-0.1, -0.05) is 12.8 Å². The van der Waals surface area contributed by atoms with Gasteiger partial charge < -0.3 is 9.30 Å². The lowest BCUT2D eigenvalue weighted by Gasteiger charge is -2.26. The summed E-state index contributed by atoms with van der Waals surface area (Å²) in [4.78, 5) is 38.9. The van der Waals surface area contributed by atoms with Gasteiger partial charge in [-0.3, -0.25) is 14.9 Å². The van der Waals surface area contributed by atoms with Crippen LogP contribution >= 0.6 is 0 Å². The molecular formula is C23H25N3O4. The van der Waals surface area contributed by atoms with Crippen molar-refractivity contribution >= 4 is 29.6 Å². The Labute approximate surface area is 175 Å². The lowest BCUT2D eigenvalue weighted by Crippen LogP contribution is -2.54. The average molecular weight is 407 g/mol. The molecule has 2 heterocycles. The maximum absolute atomic E-state index is 13.1. The molecule has 0 radical (unpaired) electrons. The van der Waals surface area contributed by atoms with E-state index >= 15 is 0 Å². The first kappa shape index (κ1) is 19.9. The van der Waals surface area contributed by atoms with Crippen LogP contribution in [0, 0.1) is 13.8 Å². The number of nitrogens with one attached hydrogen (secondary N) is 1. The maximum atomic E-state index is 13.1. The third-order valence-corrected chi connectivity index (χ3v) is 5.95. The summed E-state index contributed by atoms with van der Waals surface area (Å²) in [6.07, 6.45) is 6.32. The number of rotatable bonds is 4. The number of methoxy groups -OCH3 is 1. The average Bonchev–Trinajstić information content (AvgIpc) is 3.33. The van der Waals surface area contributed by atoms with Crippen LogP contribution in [0.25, 0.3) is 6.08 Å². The van der Waals surface area contributed by atoms with Gasteiger partial charge in [0.05, 0.1) is 12.8 Å². The Morgan fingerprint density at radius 3 is 2.37 bits per heavy atom. The summed E-state index contributed by atoms with van der Waals surface area (Å²) in [6.45, 7) is 4.05. The fourth-order valence-corrected chi connectivity index (χ4v) is 4.45. The molecule has 2 aromatic rings. The molecule has 2 fully saturated rings. The molecule has 0 spiro atoms. The van der Waals surface area contributed by atoms with E-state index in [9.17, 15) is 14.4 Å². The molecule has 0 unspecified atom stereocenters. The molecule has 0 bridgehead atoms. The van der Waals surface area contributed by atoms with E-state index in [1.807, 2.05) is 19.9 Å². The number of benzene rings is 1. The summed E-state index contributed by atoms with van der Waals surface area (Å²) >= 11 is 0. The van der Waals surface area contributed by atoms with Crippen molar-refractivity contribution in [2.75, 3.05) is 12.0 Å². The van der Waals surface area contributed by atoms with Gasteiger partial charge in [-0.25, -0.2) is 9.69 Å². The minimum Gasteiger partial charge on any atom is -0.497 e. The summed E-state index contributed by atoms with van der Waals surface area (Å²) in [5, 5.41) is 2.27. The number of imide groups is 2. The Morgan fingerprint density at radius 1 is 1.07 bits per heavy atom. The number of urea groups is 1. The number of aromatic nitrogens is 1. The van der Waals surface area contributed by atoms with Gasteiger partial charge in [0, 0.05) is 17.4 Å². The largest absolute Gasteiger partial charge is 0.497 e. The standard InChI is InChI=1S/C23H25N3O4/c1-14-12-16(15(2)25(14)17-6-4-5-7-17)13-20-21(27)24-23(29)26(22(20)28)18-8-10-19(30-3)11-9-18/h8-13,17H,4-7H2,1-3H3,(H,24,27,29)/b20-13-. The summed E-state index contributed by atoms with van der Waals surface area (Å²) in [7, 11) is 1.54. The van der Waals surface area contributed by atoms with E-state index in [4.69, 9.17) is 4.74 Å². The first-order valence-corrected chi connectivity index (χ1v) is 10.1. The topological polar surface area (TPSA) is 80.6 Å². The zero-order valence-corrected chi connectivity index (χ0v) is 17.4. The maximum Gasteiger partial charge on any atom is 0.335 e. The number of barbiturate groups is 1. The zero-order valence-electron chi connectivity index (χ0n) is 17.4. The molecule has 7 nitrogen and oxygen atoms in total. The second kappa shape index (κ2) is 7.82. The highest BCUT2D eigenvalue weighted by Gasteiger charge is 2.37. The molecule has 1 saturated carbocycles. The smallest absolute Gasteiger partial charge is 0.335 e. The van der Waals surface area contributed by atoms with Gasteiger partial charge in [-0.2, -0.15) is 0 Å². The Hall–Kier alpha value is -3.35. The minimum atomic E-state index is -0.760. The van der Waals surface area contributed by atoms with Crippen LogP contribution in [0.3, 0.4) is 0 Å². The Morgan fingerprint density at radius 2 is 1.73 bits per heavy atom. The molecule has 1 aromatic heterocycles. The van der Waals surface area contributed by atoms with Crippen molar-refractivity contribution in [1.29, 1.82) is 0 Å². The van der Waals surface area contributed by atoms with E-state index in [1.165, 1.54) is 20.0 Å². The van der Waals surface area contributed by atoms with Gasteiger partial charge in [0.1, 0.15) is 11.3 Å². The number of amides is 4. The summed E-state index contributed by atoms with van der Waals surface area (Å²) in [6, 6.07) is 8.23. The minimum absolute atomic E-state index is 0.0583. The van der Waals surface area contributed by atoms with Crippen molar-refractivity contribution in [3.63, 3.8) is 0 Å². The van der Waals surface area contributed by atoms with E-state index in [2.05, 4.69) is 9.88 Å². The number of ether oxygens (including phenoxy) is 1. The Kier molecular flexibility index (Phi) is 5.20. The van der Waals surface area contributed by atoms with Crippen LogP contribution in [0.5, 0.6) is 5.75 Å². The molecule has 1 aromatic carbocycles. The van der Waals surface area contributed by atoms with E-state index < -0.39 is 17.8 Å². The van der Waals surface area contributed by atoms with Crippen LogP contribution in [-0.2, 0) is 9.59 Å². The monoisotopic (exact) mass is 407 g/mol. The Balaban J connectivity index is 1.70. The molecule has 7 heteroatoms. The first-order chi connectivity index (χ1) is 14.4. The van der Waals surface area contributed by atoms with Crippen LogP contribution in [-0.4, -0.2) is 29.5 Å². The normalized spacial score (nSPS) is 19.0. The molecule has 1 saturated heterocycles. The van der Waals surface area contributed by atoms with Crippen LogP contribution in [0.4, 0.5) is 10.5 Å². The predicted octanol–water partition coefficient (Wildman–Crippen LogP) is 3.90. The highest BCUT2D eigenvalue weighted by molar-refractivity contribution is 6.39. The van der Waals surface area contributed by atoms with E-state index in [1.54, 1.807) is 30.3 Å². The predicted molar refractivity (Wildman–Crippen MR) is 113 cm³/mol. The second-order valence-corrected chi connectivity index (χ2v) is 7.79. The highest BCUT2D eigenvalue weighted by atomic mass is 16.5. The molecule has 0 atom stereocenters. The second-order valence-electron chi connectivity index (χ2n) is 7.79. The van der Waals surface area contributed by atoms with E-state index in [-0.39, 0.29) is 5.57 Å². The van der Waals surface area contributed by atoms with Crippen LogP contribution < -0.4 is 15.0 Å². The quantitative estimate of drug-likeness (QED) is 0.616. The number of nitrogens with zero attached hydrogens (tertiary/aromatic N) is 2. The van der Waals surface area contributed by atoms with Gasteiger partial charge in [0.25, 0.3) is 11.8 Å². The molecule has 1 aliphatic heterocycles. The number of hydrogen-bond donors (Lipinski definition) is 1. The molecule has 1 aliphatic carbocycles. The molecule has 4 amide bonds. The third-order valence-electron chi connectivity index (χ3n) is 5.95.